The molecule has 6 nitrogen and oxygen atoms in total. The average molecular weight is 428 g/mol. The van der Waals surface area contributed by atoms with Crippen molar-refractivity contribution < 1.29 is 14.6 Å². The maximum atomic E-state index is 11.6. The van der Waals surface area contributed by atoms with E-state index in [1.165, 1.54) is 6.92 Å². The molecule has 3 rings (SSSR count). The first-order valence-corrected chi connectivity index (χ1v) is 8.92. The number of pyridine rings is 1. The van der Waals surface area contributed by atoms with Crippen LogP contribution in [0.15, 0.2) is 48.7 Å². The zero-order valence-corrected chi connectivity index (χ0v) is 17.5. The Bertz CT molecular complexity index is 726. The molecule has 0 aliphatic carbocycles. The molecule has 1 aliphatic heterocycles. The van der Waals surface area contributed by atoms with E-state index in [1.54, 1.807) is 18.2 Å². The van der Waals surface area contributed by atoms with Crippen LogP contribution in [-0.2, 0) is 0 Å². The van der Waals surface area contributed by atoms with Gasteiger partial charge in [-0.1, -0.05) is 18.2 Å². The van der Waals surface area contributed by atoms with E-state index in [2.05, 4.69) is 14.8 Å². The molecule has 2 aromatic rings. The quantitative estimate of drug-likeness (QED) is 0.685. The SMILES string of the molecule is CC(=O)c1ccccc1OCC(O)CN1CCN(c2ccccn2)CC1.Cl.Cl. The Hall–Kier alpha value is -1.86. The summed E-state index contributed by atoms with van der Waals surface area (Å²) < 4.78 is 5.67. The van der Waals surface area contributed by atoms with Crippen LogP contribution in [0.1, 0.15) is 17.3 Å². The smallest absolute Gasteiger partial charge is 0.163 e. The molecule has 1 N–H and O–H groups in total. The summed E-state index contributed by atoms with van der Waals surface area (Å²) >= 11 is 0. The lowest BCUT2D eigenvalue weighted by Crippen LogP contribution is -2.49. The number of nitrogens with zero attached hydrogens (tertiary/aromatic N) is 3. The van der Waals surface area contributed by atoms with Crippen molar-refractivity contribution in [3.63, 3.8) is 0 Å². The number of β-amino-alcohol motifs (C(OH)–C–C–N with tert-alkyl or cyclic N) is 1. The van der Waals surface area contributed by atoms with Gasteiger partial charge in [0.15, 0.2) is 5.78 Å². The number of benzene rings is 1. The van der Waals surface area contributed by atoms with Crippen LogP contribution in [0, 0.1) is 0 Å². The van der Waals surface area contributed by atoms with Crippen molar-refractivity contribution in [2.75, 3.05) is 44.2 Å². The van der Waals surface area contributed by atoms with Gasteiger partial charge >= 0.3 is 0 Å². The molecular formula is C20H27Cl2N3O3. The van der Waals surface area contributed by atoms with Crippen LogP contribution in [0.5, 0.6) is 5.75 Å². The zero-order valence-electron chi connectivity index (χ0n) is 15.9. The predicted octanol–water partition coefficient (Wildman–Crippen LogP) is 2.69. The number of hydrogen-bond acceptors (Lipinski definition) is 6. The highest BCUT2D eigenvalue weighted by atomic mass is 35.5. The number of Topliss-reactive ketones (excluding diaryl/α,β-unsaturated/α-hetero) is 1. The number of halogens is 2. The van der Waals surface area contributed by atoms with E-state index >= 15 is 0 Å². The molecule has 154 valence electrons. The van der Waals surface area contributed by atoms with Gasteiger partial charge in [0.05, 0.1) is 5.56 Å². The molecule has 1 saturated heterocycles. The molecule has 1 aromatic heterocycles. The molecule has 0 radical (unpaired) electrons. The maximum Gasteiger partial charge on any atom is 0.163 e. The van der Waals surface area contributed by atoms with Gasteiger partial charge in [-0.15, -0.1) is 24.8 Å². The zero-order chi connectivity index (χ0) is 18.4. The van der Waals surface area contributed by atoms with Gasteiger partial charge < -0.3 is 14.7 Å². The van der Waals surface area contributed by atoms with Crippen molar-refractivity contribution in [2.45, 2.75) is 13.0 Å². The van der Waals surface area contributed by atoms with Crippen LogP contribution in [0.3, 0.4) is 0 Å². The number of ketones is 1. The number of hydrogen-bond donors (Lipinski definition) is 1. The van der Waals surface area contributed by atoms with E-state index in [9.17, 15) is 9.90 Å². The minimum absolute atomic E-state index is 0. The summed E-state index contributed by atoms with van der Waals surface area (Å²) in [6.45, 7) is 5.76. The lowest BCUT2D eigenvalue weighted by molar-refractivity contribution is 0.0656. The van der Waals surface area contributed by atoms with Crippen LogP contribution in [0.4, 0.5) is 5.82 Å². The highest BCUT2D eigenvalue weighted by Crippen LogP contribution is 2.19. The van der Waals surface area contributed by atoms with Crippen molar-refractivity contribution in [2.24, 2.45) is 0 Å². The Morgan fingerprint density at radius 2 is 1.79 bits per heavy atom. The fourth-order valence-electron chi connectivity index (χ4n) is 3.12. The van der Waals surface area contributed by atoms with Gasteiger partial charge in [0, 0.05) is 38.9 Å². The monoisotopic (exact) mass is 427 g/mol. The lowest BCUT2D eigenvalue weighted by atomic mass is 10.1. The van der Waals surface area contributed by atoms with Gasteiger partial charge in [0.25, 0.3) is 0 Å². The summed E-state index contributed by atoms with van der Waals surface area (Å²) in [5, 5.41) is 10.3. The van der Waals surface area contributed by atoms with Crippen molar-refractivity contribution in [3.05, 3.63) is 54.2 Å². The van der Waals surface area contributed by atoms with Gasteiger partial charge in [-0.2, -0.15) is 0 Å². The fourth-order valence-corrected chi connectivity index (χ4v) is 3.12. The first kappa shape index (κ1) is 24.2. The van der Waals surface area contributed by atoms with Crippen LogP contribution < -0.4 is 9.64 Å². The van der Waals surface area contributed by atoms with Crippen LogP contribution >= 0.6 is 24.8 Å². The number of para-hydroxylation sites is 1. The third-order valence-electron chi connectivity index (χ3n) is 4.51. The van der Waals surface area contributed by atoms with E-state index in [4.69, 9.17) is 4.74 Å². The number of piperazine rings is 1. The molecule has 28 heavy (non-hydrogen) atoms. The Balaban J connectivity index is 0.00000196. The van der Waals surface area contributed by atoms with Crippen LogP contribution in [0.25, 0.3) is 0 Å². The van der Waals surface area contributed by atoms with E-state index in [0.717, 1.165) is 32.0 Å². The largest absolute Gasteiger partial charge is 0.490 e. The van der Waals surface area contributed by atoms with Gasteiger partial charge in [-0.25, -0.2) is 4.98 Å². The minimum atomic E-state index is -0.601. The van der Waals surface area contributed by atoms with Gasteiger partial charge in [-0.05, 0) is 31.2 Å². The van der Waals surface area contributed by atoms with E-state index < -0.39 is 6.10 Å². The fraction of sp³-hybridized carbons (Fsp3) is 0.400. The Kier molecular flexibility index (Phi) is 10.2. The Labute approximate surface area is 178 Å². The average Bonchev–Trinajstić information content (AvgIpc) is 2.68. The third-order valence-corrected chi connectivity index (χ3v) is 4.51. The first-order chi connectivity index (χ1) is 12.6. The molecule has 1 unspecified atom stereocenters. The highest BCUT2D eigenvalue weighted by molar-refractivity contribution is 5.96. The summed E-state index contributed by atoms with van der Waals surface area (Å²) in [6.07, 6.45) is 1.21. The number of anilines is 1. The number of aliphatic hydroxyl groups excluding tert-OH is 1. The van der Waals surface area contributed by atoms with Gasteiger partial charge in [0.2, 0.25) is 0 Å². The summed E-state index contributed by atoms with van der Waals surface area (Å²) in [6, 6.07) is 13.1. The number of aromatic nitrogens is 1. The molecular weight excluding hydrogens is 401 g/mol. The Morgan fingerprint density at radius 1 is 1.11 bits per heavy atom. The topological polar surface area (TPSA) is 65.9 Å². The van der Waals surface area contributed by atoms with Crippen molar-refractivity contribution in [3.8, 4) is 5.75 Å². The highest BCUT2D eigenvalue weighted by Gasteiger charge is 2.20. The van der Waals surface area contributed by atoms with Crippen molar-refractivity contribution in [1.29, 1.82) is 0 Å². The maximum absolute atomic E-state index is 11.6. The third kappa shape index (κ3) is 6.63. The van der Waals surface area contributed by atoms with Crippen LogP contribution in [-0.4, -0.2) is 66.2 Å². The number of ether oxygens (including phenoxy) is 1. The molecule has 1 atom stereocenters. The molecule has 1 aliphatic rings. The molecule has 8 heteroatoms. The molecule has 0 spiro atoms. The number of rotatable bonds is 7. The molecule has 0 bridgehead atoms. The number of aliphatic hydroxyl groups is 1. The van der Waals surface area contributed by atoms with Crippen LogP contribution in [0.2, 0.25) is 0 Å². The van der Waals surface area contributed by atoms with E-state index in [0.29, 0.717) is 17.9 Å². The van der Waals surface area contributed by atoms with E-state index in [1.807, 2.05) is 30.5 Å². The Morgan fingerprint density at radius 3 is 2.43 bits per heavy atom. The second-order valence-electron chi connectivity index (χ2n) is 6.49. The van der Waals surface area contributed by atoms with Gasteiger partial charge in [-0.3, -0.25) is 9.69 Å². The summed E-state index contributed by atoms with van der Waals surface area (Å²) in [5.74, 6) is 1.48. The second kappa shape index (κ2) is 11.9. The molecule has 0 saturated carbocycles. The molecule has 0 amide bonds. The molecule has 1 fully saturated rings. The normalized spacial score (nSPS) is 15.1. The predicted molar refractivity (Wildman–Crippen MR) is 115 cm³/mol. The number of carbonyl (C=O) groups excluding carboxylic acids is 1. The lowest BCUT2D eigenvalue weighted by Gasteiger charge is -2.36. The standard InChI is InChI=1S/C20H25N3O3.2ClH/c1-16(24)18-6-2-3-7-19(18)26-15-17(25)14-22-10-12-23(13-11-22)20-8-4-5-9-21-20;;/h2-9,17,25H,10-15H2,1H3;2*1H. The summed E-state index contributed by atoms with van der Waals surface area (Å²) in [7, 11) is 0. The summed E-state index contributed by atoms with van der Waals surface area (Å²) in [4.78, 5) is 20.5. The minimum Gasteiger partial charge on any atom is -0.490 e. The summed E-state index contributed by atoms with van der Waals surface area (Å²) in [5.41, 5.74) is 0.545. The number of carbonyl (C=O) groups is 1. The molecule has 1 aromatic carbocycles. The van der Waals surface area contributed by atoms with E-state index in [-0.39, 0.29) is 37.2 Å². The first-order valence-electron chi connectivity index (χ1n) is 8.92. The van der Waals surface area contributed by atoms with Crippen molar-refractivity contribution >= 4 is 36.4 Å². The van der Waals surface area contributed by atoms with Crippen molar-refractivity contribution in [1.82, 2.24) is 9.88 Å². The van der Waals surface area contributed by atoms with Gasteiger partial charge in [0.1, 0.15) is 24.3 Å². The second-order valence-corrected chi connectivity index (χ2v) is 6.49. The molecule has 2 heterocycles.